The molecule has 1 aliphatic rings. The van der Waals surface area contributed by atoms with Crippen LogP contribution >= 0.6 is 0 Å². The number of aromatic nitrogens is 1. The first kappa shape index (κ1) is 13.5. The zero-order valence-electron chi connectivity index (χ0n) is 11.5. The molecule has 2 rings (SSSR count). The number of hydrogen-bond acceptors (Lipinski definition) is 3. The highest BCUT2D eigenvalue weighted by atomic mass is 16.5. The molecule has 0 radical (unpaired) electrons. The van der Waals surface area contributed by atoms with Crippen molar-refractivity contribution in [1.29, 1.82) is 0 Å². The van der Waals surface area contributed by atoms with E-state index >= 15 is 0 Å². The summed E-state index contributed by atoms with van der Waals surface area (Å²) in [6.07, 6.45) is 3.43. The van der Waals surface area contributed by atoms with Crippen LogP contribution in [0.5, 0.6) is 0 Å². The summed E-state index contributed by atoms with van der Waals surface area (Å²) in [5, 5.41) is 3.66. The molecular weight excluding hydrogens is 224 g/mol. The van der Waals surface area contributed by atoms with Gasteiger partial charge in [0.15, 0.2) is 0 Å². The fraction of sp³-hybridized carbons (Fsp3) is 0.667. The van der Waals surface area contributed by atoms with Crippen molar-refractivity contribution in [2.24, 2.45) is 5.92 Å². The van der Waals surface area contributed by atoms with Crippen LogP contribution in [0.25, 0.3) is 0 Å². The molecule has 1 aliphatic heterocycles. The quantitative estimate of drug-likeness (QED) is 0.870. The summed E-state index contributed by atoms with van der Waals surface area (Å²) in [7, 11) is 0. The molecule has 0 amide bonds. The van der Waals surface area contributed by atoms with Gasteiger partial charge in [-0.2, -0.15) is 0 Å². The lowest BCUT2D eigenvalue weighted by molar-refractivity contribution is 0.0530. The smallest absolute Gasteiger partial charge is 0.0579 e. The Bertz CT molecular complexity index is 361. The number of nitrogens with zero attached hydrogens (tertiary/aromatic N) is 1. The van der Waals surface area contributed by atoms with Crippen LogP contribution < -0.4 is 5.32 Å². The maximum absolute atomic E-state index is 5.47. The van der Waals surface area contributed by atoms with Crippen molar-refractivity contribution in [2.45, 2.75) is 39.2 Å². The van der Waals surface area contributed by atoms with Crippen molar-refractivity contribution in [3.63, 3.8) is 0 Å². The maximum Gasteiger partial charge on any atom is 0.0579 e. The molecule has 1 aromatic heterocycles. The average Bonchev–Trinajstić information content (AvgIpc) is 2.40. The molecule has 0 bridgehead atoms. The highest BCUT2D eigenvalue weighted by Gasteiger charge is 2.25. The summed E-state index contributed by atoms with van der Waals surface area (Å²) >= 11 is 0. The van der Waals surface area contributed by atoms with Crippen LogP contribution in [-0.2, 0) is 4.74 Å². The highest BCUT2D eigenvalue weighted by Crippen LogP contribution is 2.29. The Balaban J connectivity index is 2.12. The van der Waals surface area contributed by atoms with E-state index in [0.717, 1.165) is 44.7 Å². The van der Waals surface area contributed by atoms with Gasteiger partial charge in [-0.3, -0.25) is 4.98 Å². The number of aryl methyl sites for hydroxylation is 1. The number of nitrogens with one attached hydrogen (secondary N) is 1. The van der Waals surface area contributed by atoms with Crippen LogP contribution in [0.2, 0.25) is 0 Å². The van der Waals surface area contributed by atoms with E-state index < -0.39 is 0 Å². The molecule has 1 fully saturated rings. The first-order valence-electron chi connectivity index (χ1n) is 7.06. The molecule has 1 atom stereocenters. The summed E-state index contributed by atoms with van der Waals surface area (Å²) in [4.78, 5) is 4.70. The lowest BCUT2D eigenvalue weighted by atomic mass is 9.89. The molecule has 3 heteroatoms. The summed E-state index contributed by atoms with van der Waals surface area (Å²) in [6, 6.07) is 6.70. The van der Waals surface area contributed by atoms with Gasteiger partial charge in [-0.05, 0) is 50.8 Å². The lowest BCUT2D eigenvalue weighted by Crippen LogP contribution is -2.33. The fourth-order valence-electron chi connectivity index (χ4n) is 2.60. The monoisotopic (exact) mass is 248 g/mol. The first-order chi connectivity index (χ1) is 8.81. The minimum atomic E-state index is 0.383. The normalized spacial score (nSPS) is 18.8. The Kier molecular flexibility index (Phi) is 5.14. The second-order valence-electron chi connectivity index (χ2n) is 5.09. The second kappa shape index (κ2) is 6.86. The standard InChI is InChI=1S/C15H24N2O/c1-3-9-16-15(13-7-10-18-11-8-13)14-6-4-5-12(2)17-14/h4-6,13,15-16H,3,7-11H2,1-2H3. The molecule has 0 spiro atoms. The van der Waals surface area contributed by atoms with Gasteiger partial charge in [-0.15, -0.1) is 0 Å². The Morgan fingerprint density at radius 2 is 2.17 bits per heavy atom. The number of hydrogen-bond donors (Lipinski definition) is 1. The summed E-state index contributed by atoms with van der Waals surface area (Å²) in [5.41, 5.74) is 2.29. The Morgan fingerprint density at radius 1 is 1.39 bits per heavy atom. The first-order valence-corrected chi connectivity index (χ1v) is 7.06. The molecule has 18 heavy (non-hydrogen) atoms. The third-order valence-electron chi connectivity index (χ3n) is 3.58. The largest absolute Gasteiger partial charge is 0.381 e. The van der Waals surface area contributed by atoms with Gasteiger partial charge < -0.3 is 10.1 Å². The third-order valence-corrected chi connectivity index (χ3v) is 3.58. The van der Waals surface area contributed by atoms with Gasteiger partial charge in [0.2, 0.25) is 0 Å². The van der Waals surface area contributed by atoms with Gasteiger partial charge >= 0.3 is 0 Å². The molecule has 1 saturated heterocycles. The van der Waals surface area contributed by atoms with Crippen molar-refractivity contribution in [2.75, 3.05) is 19.8 Å². The van der Waals surface area contributed by atoms with Crippen LogP contribution in [0.4, 0.5) is 0 Å². The number of ether oxygens (including phenoxy) is 1. The Morgan fingerprint density at radius 3 is 2.83 bits per heavy atom. The molecule has 1 N–H and O–H groups in total. The highest BCUT2D eigenvalue weighted by molar-refractivity contribution is 5.14. The number of rotatable bonds is 5. The van der Waals surface area contributed by atoms with Crippen LogP contribution in [0.3, 0.4) is 0 Å². The SMILES string of the molecule is CCCNC(c1cccc(C)n1)C1CCOCC1. The van der Waals surface area contributed by atoms with Crippen LogP contribution in [0, 0.1) is 12.8 Å². The fourth-order valence-corrected chi connectivity index (χ4v) is 2.60. The molecule has 3 nitrogen and oxygen atoms in total. The molecular formula is C15H24N2O. The van der Waals surface area contributed by atoms with Crippen molar-refractivity contribution in [3.8, 4) is 0 Å². The molecule has 1 unspecified atom stereocenters. The van der Waals surface area contributed by atoms with Gasteiger partial charge in [0.25, 0.3) is 0 Å². The zero-order chi connectivity index (χ0) is 12.8. The van der Waals surface area contributed by atoms with Gasteiger partial charge in [-0.25, -0.2) is 0 Å². The van der Waals surface area contributed by atoms with Crippen molar-refractivity contribution in [1.82, 2.24) is 10.3 Å². The lowest BCUT2D eigenvalue weighted by Gasteiger charge is -2.31. The van der Waals surface area contributed by atoms with E-state index in [1.54, 1.807) is 0 Å². The van der Waals surface area contributed by atoms with Crippen LogP contribution in [0.15, 0.2) is 18.2 Å². The molecule has 0 aromatic carbocycles. The van der Waals surface area contributed by atoms with Crippen LogP contribution in [0.1, 0.15) is 43.6 Å². The molecule has 100 valence electrons. The van der Waals surface area contributed by atoms with E-state index in [0.29, 0.717) is 12.0 Å². The topological polar surface area (TPSA) is 34.2 Å². The van der Waals surface area contributed by atoms with Crippen molar-refractivity contribution in [3.05, 3.63) is 29.6 Å². The van der Waals surface area contributed by atoms with Crippen molar-refractivity contribution >= 4 is 0 Å². The Labute approximate surface area is 110 Å². The number of pyridine rings is 1. The van der Waals surface area contributed by atoms with E-state index in [1.807, 2.05) is 0 Å². The predicted octanol–water partition coefficient (Wildman–Crippen LogP) is 2.86. The van der Waals surface area contributed by atoms with E-state index in [1.165, 1.54) is 5.69 Å². The minimum absolute atomic E-state index is 0.383. The molecule has 1 aromatic rings. The van der Waals surface area contributed by atoms with Crippen LogP contribution in [-0.4, -0.2) is 24.7 Å². The summed E-state index contributed by atoms with van der Waals surface area (Å²) in [6.45, 7) is 7.10. The van der Waals surface area contributed by atoms with Gasteiger partial charge in [0.1, 0.15) is 0 Å². The molecule has 0 aliphatic carbocycles. The average molecular weight is 248 g/mol. The Hall–Kier alpha value is -0.930. The van der Waals surface area contributed by atoms with Gasteiger partial charge in [-0.1, -0.05) is 13.0 Å². The van der Waals surface area contributed by atoms with E-state index in [2.05, 4.69) is 37.4 Å². The maximum atomic E-state index is 5.47. The van der Waals surface area contributed by atoms with Gasteiger partial charge in [0.05, 0.1) is 11.7 Å². The van der Waals surface area contributed by atoms with E-state index in [9.17, 15) is 0 Å². The third kappa shape index (κ3) is 3.53. The second-order valence-corrected chi connectivity index (χ2v) is 5.09. The predicted molar refractivity (Wildman–Crippen MR) is 73.6 cm³/mol. The van der Waals surface area contributed by atoms with Crippen molar-refractivity contribution < 1.29 is 4.74 Å². The van der Waals surface area contributed by atoms with Gasteiger partial charge in [0, 0.05) is 18.9 Å². The minimum Gasteiger partial charge on any atom is -0.381 e. The van der Waals surface area contributed by atoms with E-state index in [-0.39, 0.29) is 0 Å². The summed E-state index contributed by atoms with van der Waals surface area (Å²) in [5.74, 6) is 0.652. The van der Waals surface area contributed by atoms with E-state index in [4.69, 9.17) is 9.72 Å². The zero-order valence-corrected chi connectivity index (χ0v) is 11.5. The molecule has 2 heterocycles. The summed E-state index contributed by atoms with van der Waals surface area (Å²) < 4.78 is 5.47. The molecule has 0 saturated carbocycles.